The van der Waals surface area contributed by atoms with E-state index in [4.69, 9.17) is 16.3 Å². The molecule has 1 amide bonds. The van der Waals surface area contributed by atoms with E-state index < -0.39 is 6.10 Å². The number of hydrogen-bond acceptors (Lipinski definition) is 5. The summed E-state index contributed by atoms with van der Waals surface area (Å²) in [6, 6.07) is 17.4. The van der Waals surface area contributed by atoms with Gasteiger partial charge in [-0.2, -0.15) is 0 Å². The third-order valence-corrected chi connectivity index (χ3v) is 6.25. The monoisotopic (exact) mass is 450 g/mol. The summed E-state index contributed by atoms with van der Waals surface area (Å²) in [4.78, 5) is 16.9. The summed E-state index contributed by atoms with van der Waals surface area (Å²) in [6.45, 7) is 8.50. The first-order valence-electron chi connectivity index (χ1n) is 10.8. The Morgan fingerprint density at radius 1 is 0.969 bits per heavy atom. The van der Waals surface area contributed by atoms with E-state index in [1.54, 1.807) is 0 Å². The minimum atomic E-state index is -0.531. The lowest BCUT2D eigenvalue weighted by Crippen LogP contribution is -2.52. The van der Waals surface area contributed by atoms with Crippen LogP contribution in [0.5, 0.6) is 5.75 Å². The van der Waals surface area contributed by atoms with Gasteiger partial charge in [0.2, 0.25) is 0 Å². The normalized spacial score (nSPS) is 14.9. The SMILES string of the molecule is Cc1cccc(OC(C)C(=O)N2CCN(c3ccc(-c4ccccc4Cl)nn3)CC2)c1C. The van der Waals surface area contributed by atoms with Crippen LogP contribution in [0, 0.1) is 13.8 Å². The molecule has 166 valence electrons. The topological polar surface area (TPSA) is 58.6 Å². The van der Waals surface area contributed by atoms with Gasteiger partial charge in [-0.15, -0.1) is 10.2 Å². The van der Waals surface area contributed by atoms with Crippen molar-refractivity contribution < 1.29 is 9.53 Å². The van der Waals surface area contributed by atoms with Crippen LogP contribution >= 0.6 is 11.6 Å². The van der Waals surface area contributed by atoms with E-state index in [2.05, 4.69) is 15.1 Å². The molecule has 1 fully saturated rings. The number of benzene rings is 2. The molecule has 1 saturated heterocycles. The summed E-state index contributed by atoms with van der Waals surface area (Å²) in [7, 11) is 0. The van der Waals surface area contributed by atoms with Gasteiger partial charge < -0.3 is 14.5 Å². The van der Waals surface area contributed by atoms with Gasteiger partial charge >= 0.3 is 0 Å². The minimum absolute atomic E-state index is 0.00528. The Morgan fingerprint density at radius 3 is 2.41 bits per heavy atom. The molecule has 0 bridgehead atoms. The molecule has 2 aromatic carbocycles. The number of carbonyl (C=O) groups excluding carboxylic acids is 1. The van der Waals surface area contributed by atoms with Crippen molar-refractivity contribution >= 4 is 23.3 Å². The van der Waals surface area contributed by atoms with E-state index in [9.17, 15) is 4.79 Å². The number of anilines is 1. The van der Waals surface area contributed by atoms with Crippen LogP contribution in [0.1, 0.15) is 18.1 Å². The smallest absolute Gasteiger partial charge is 0.263 e. The molecule has 0 radical (unpaired) electrons. The van der Waals surface area contributed by atoms with Gasteiger partial charge in [-0.05, 0) is 56.2 Å². The molecule has 1 unspecified atom stereocenters. The summed E-state index contributed by atoms with van der Waals surface area (Å²) >= 11 is 6.26. The van der Waals surface area contributed by atoms with E-state index in [0.717, 1.165) is 34.0 Å². The van der Waals surface area contributed by atoms with Crippen LogP contribution in [0.3, 0.4) is 0 Å². The Kier molecular flexibility index (Phi) is 6.61. The number of carbonyl (C=O) groups is 1. The Hall–Kier alpha value is -3.12. The van der Waals surface area contributed by atoms with Crippen LogP contribution in [-0.4, -0.2) is 53.3 Å². The second-order valence-electron chi connectivity index (χ2n) is 8.03. The molecular weight excluding hydrogens is 424 g/mol. The number of aromatic nitrogens is 2. The molecule has 1 aromatic heterocycles. The molecule has 3 aromatic rings. The third-order valence-electron chi connectivity index (χ3n) is 5.92. The van der Waals surface area contributed by atoms with Crippen LogP contribution in [-0.2, 0) is 4.79 Å². The largest absolute Gasteiger partial charge is 0.481 e. The summed E-state index contributed by atoms with van der Waals surface area (Å²) in [6.07, 6.45) is -0.531. The van der Waals surface area contributed by atoms with Gasteiger partial charge in [-0.25, -0.2) is 0 Å². The van der Waals surface area contributed by atoms with Crippen molar-refractivity contribution in [1.82, 2.24) is 15.1 Å². The second kappa shape index (κ2) is 9.57. The molecule has 1 aliphatic rings. The molecular formula is C25H27ClN4O2. The second-order valence-corrected chi connectivity index (χ2v) is 8.43. The molecule has 2 heterocycles. The van der Waals surface area contributed by atoms with Crippen molar-refractivity contribution in [1.29, 1.82) is 0 Å². The van der Waals surface area contributed by atoms with Gasteiger partial charge in [0.05, 0.1) is 10.7 Å². The van der Waals surface area contributed by atoms with Crippen LogP contribution in [0.2, 0.25) is 5.02 Å². The zero-order valence-corrected chi connectivity index (χ0v) is 19.3. The Morgan fingerprint density at radius 2 is 1.72 bits per heavy atom. The first kappa shape index (κ1) is 22.1. The fraction of sp³-hybridized carbons (Fsp3) is 0.320. The average molecular weight is 451 g/mol. The zero-order valence-electron chi connectivity index (χ0n) is 18.6. The molecule has 0 saturated carbocycles. The highest BCUT2D eigenvalue weighted by Crippen LogP contribution is 2.26. The third kappa shape index (κ3) is 4.70. The molecule has 7 heteroatoms. The van der Waals surface area contributed by atoms with E-state index in [-0.39, 0.29) is 5.91 Å². The van der Waals surface area contributed by atoms with Gasteiger partial charge in [0.15, 0.2) is 11.9 Å². The molecule has 6 nitrogen and oxygen atoms in total. The maximum absolute atomic E-state index is 12.9. The van der Waals surface area contributed by atoms with Crippen molar-refractivity contribution in [2.75, 3.05) is 31.1 Å². The number of aryl methyl sites for hydroxylation is 1. The number of nitrogens with zero attached hydrogens (tertiary/aromatic N) is 4. The van der Waals surface area contributed by atoms with Gasteiger partial charge in [-0.1, -0.05) is 41.9 Å². The Balaban J connectivity index is 1.35. The lowest BCUT2D eigenvalue weighted by atomic mass is 10.1. The molecule has 32 heavy (non-hydrogen) atoms. The Bertz CT molecular complexity index is 1100. The Labute approximate surface area is 193 Å². The maximum Gasteiger partial charge on any atom is 0.263 e. The van der Waals surface area contributed by atoms with Crippen LogP contribution in [0.4, 0.5) is 5.82 Å². The average Bonchev–Trinajstić information content (AvgIpc) is 2.82. The van der Waals surface area contributed by atoms with Crippen LogP contribution < -0.4 is 9.64 Å². The van der Waals surface area contributed by atoms with E-state index in [0.29, 0.717) is 31.2 Å². The van der Waals surface area contributed by atoms with Gasteiger partial charge in [0, 0.05) is 31.7 Å². The number of hydrogen-bond donors (Lipinski definition) is 0. The summed E-state index contributed by atoms with van der Waals surface area (Å²) < 4.78 is 5.98. The summed E-state index contributed by atoms with van der Waals surface area (Å²) in [5.41, 5.74) is 3.82. The van der Waals surface area contributed by atoms with E-state index in [1.165, 1.54) is 0 Å². The van der Waals surface area contributed by atoms with Crippen molar-refractivity contribution in [2.24, 2.45) is 0 Å². The standard InChI is InChI=1S/C25H27ClN4O2/c1-17-7-6-10-23(18(17)2)32-19(3)25(31)30-15-13-29(14-16-30)24-12-11-22(27-28-24)20-8-4-5-9-21(20)26/h4-12,19H,13-16H2,1-3H3. The first-order valence-corrected chi connectivity index (χ1v) is 11.2. The van der Waals surface area contributed by atoms with Gasteiger partial charge in [0.25, 0.3) is 5.91 Å². The number of piperazine rings is 1. The van der Waals surface area contributed by atoms with E-state index in [1.807, 2.05) is 80.3 Å². The van der Waals surface area contributed by atoms with Crippen LogP contribution in [0.25, 0.3) is 11.3 Å². The predicted molar refractivity (Wildman–Crippen MR) is 127 cm³/mol. The molecule has 0 spiro atoms. The quantitative estimate of drug-likeness (QED) is 0.571. The maximum atomic E-state index is 12.9. The molecule has 0 aliphatic carbocycles. The highest BCUT2D eigenvalue weighted by molar-refractivity contribution is 6.33. The number of rotatable bonds is 5. The highest BCUT2D eigenvalue weighted by Gasteiger charge is 2.27. The lowest BCUT2D eigenvalue weighted by Gasteiger charge is -2.36. The van der Waals surface area contributed by atoms with Crippen LogP contribution in [0.15, 0.2) is 54.6 Å². The highest BCUT2D eigenvalue weighted by atomic mass is 35.5. The number of halogens is 1. The molecule has 1 atom stereocenters. The predicted octanol–water partition coefficient (Wildman–Crippen LogP) is 4.53. The lowest BCUT2D eigenvalue weighted by molar-refractivity contribution is -0.138. The summed E-state index contributed by atoms with van der Waals surface area (Å²) in [5.74, 6) is 1.57. The molecule has 0 N–H and O–H groups in total. The number of ether oxygens (including phenoxy) is 1. The van der Waals surface area contributed by atoms with Crippen molar-refractivity contribution in [2.45, 2.75) is 26.9 Å². The van der Waals surface area contributed by atoms with Gasteiger partial charge in [0.1, 0.15) is 5.75 Å². The van der Waals surface area contributed by atoms with Crippen molar-refractivity contribution in [3.05, 3.63) is 70.7 Å². The van der Waals surface area contributed by atoms with Crippen molar-refractivity contribution in [3.8, 4) is 17.0 Å². The van der Waals surface area contributed by atoms with Crippen molar-refractivity contribution in [3.63, 3.8) is 0 Å². The van der Waals surface area contributed by atoms with Gasteiger partial charge in [-0.3, -0.25) is 4.79 Å². The molecule has 1 aliphatic heterocycles. The zero-order chi connectivity index (χ0) is 22.7. The minimum Gasteiger partial charge on any atom is -0.481 e. The fourth-order valence-corrected chi connectivity index (χ4v) is 4.04. The number of amides is 1. The van der Waals surface area contributed by atoms with E-state index >= 15 is 0 Å². The molecule has 4 rings (SSSR count). The summed E-state index contributed by atoms with van der Waals surface area (Å²) in [5, 5.41) is 9.39. The first-order chi connectivity index (χ1) is 15.4. The fourth-order valence-electron chi connectivity index (χ4n) is 3.81.